The van der Waals surface area contributed by atoms with Gasteiger partial charge in [-0.15, -0.1) is 0 Å². The van der Waals surface area contributed by atoms with Crippen molar-refractivity contribution in [3.8, 4) is 0 Å². The van der Waals surface area contributed by atoms with Gasteiger partial charge in [0.15, 0.2) is 0 Å². The Morgan fingerprint density at radius 1 is 1.27 bits per heavy atom. The van der Waals surface area contributed by atoms with E-state index in [0.717, 1.165) is 28.2 Å². The van der Waals surface area contributed by atoms with Gasteiger partial charge >= 0.3 is 5.97 Å². The second-order valence-corrected chi connectivity index (χ2v) is 5.02. The molecule has 0 aliphatic rings. The van der Waals surface area contributed by atoms with Crippen LogP contribution >= 0.6 is 0 Å². The van der Waals surface area contributed by atoms with Crippen LogP contribution in [0.2, 0.25) is 0 Å². The molecule has 0 aliphatic heterocycles. The molecule has 116 valence electrons. The number of nitrogens with one attached hydrogen (secondary N) is 2. The predicted octanol–water partition coefficient (Wildman–Crippen LogP) is 3.64. The Balaban J connectivity index is 2.26. The molecule has 0 fully saturated rings. The van der Waals surface area contributed by atoms with Gasteiger partial charge in [-0.1, -0.05) is 18.2 Å². The fourth-order valence-corrected chi connectivity index (χ4v) is 2.42. The number of aromatic amines is 1. The van der Waals surface area contributed by atoms with E-state index >= 15 is 0 Å². The van der Waals surface area contributed by atoms with Gasteiger partial charge in [-0.05, 0) is 45.4 Å². The van der Waals surface area contributed by atoms with Crippen LogP contribution in [0.3, 0.4) is 0 Å². The molecule has 1 aromatic carbocycles. The van der Waals surface area contributed by atoms with Crippen LogP contribution in [0.5, 0.6) is 0 Å². The highest BCUT2D eigenvalue weighted by Crippen LogP contribution is 2.20. The smallest absolute Gasteiger partial charge is 0.355 e. The Morgan fingerprint density at radius 2 is 1.95 bits per heavy atom. The number of hydrazone groups is 1. The molecule has 1 aromatic heterocycles. The van der Waals surface area contributed by atoms with Crippen molar-refractivity contribution in [2.45, 2.75) is 27.7 Å². The number of esters is 1. The van der Waals surface area contributed by atoms with Gasteiger partial charge in [0, 0.05) is 11.3 Å². The number of rotatable bonds is 5. The van der Waals surface area contributed by atoms with Crippen LogP contribution < -0.4 is 5.43 Å². The van der Waals surface area contributed by atoms with Crippen molar-refractivity contribution in [1.29, 1.82) is 0 Å². The molecule has 0 radical (unpaired) electrons. The van der Waals surface area contributed by atoms with Gasteiger partial charge in [0.2, 0.25) is 0 Å². The number of hydrogen-bond donors (Lipinski definition) is 2. The van der Waals surface area contributed by atoms with Crippen LogP contribution in [0.15, 0.2) is 35.4 Å². The average Bonchev–Trinajstić information content (AvgIpc) is 2.81. The Bertz CT molecular complexity index is 687. The molecular weight excluding hydrogens is 278 g/mol. The number of aromatic nitrogens is 1. The van der Waals surface area contributed by atoms with E-state index in [1.54, 1.807) is 6.92 Å². The van der Waals surface area contributed by atoms with Crippen molar-refractivity contribution in [2.24, 2.45) is 5.10 Å². The summed E-state index contributed by atoms with van der Waals surface area (Å²) in [5.41, 5.74) is 7.92. The van der Waals surface area contributed by atoms with Crippen molar-refractivity contribution in [3.05, 3.63) is 52.8 Å². The van der Waals surface area contributed by atoms with Crippen LogP contribution in [0.25, 0.3) is 0 Å². The van der Waals surface area contributed by atoms with Gasteiger partial charge in [0.1, 0.15) is 5.69 Å². The number of carbonyl (C=O) groups excluding carboxylic acids is 1. The van der Waals surface area contributed by atoms with Crippen LogP contribution in [0, 0.1) is 13.8 Å². The standard InChI is InChI=1S/C17H21N3O2/c1-5-22-17(21)16-11(2)15(12(3)18-16)13(4)19-20-14-9-7-6-8-10-14/h6-10,18,20H,5H2,1-4H3/b19-13-. The highest BCUT2D eigenvalue weighted by Gasteiger charge is 2.19. The van der Waals surface area contributed by atoms with Gasteiger partial charge in [-0.3, -0.25) is 5.43 Å². The quantitative estimate of drug-likeness (QED) is 0.503. The molecule has 0 amide bonds. The minimum Gasteiger partial charge on any atom is -0.461 e. The first-order valence-corrected chi connectivity index (χ1v) is 7.26. The molecule has 2 rings (SSSR count). The maximum absolute atomic E-state index is 11.9. The van der Waals surface area contributed by atoms with E-state index in [0.29, 0.717) is 12.3 Å². The third kappa shape index (κ3) is 3.36. The lowest BCUT2D eigenvalue weighted by molar-refractivity contribution is 0.0519. The second kappa shape index (κ2) is 6.93. The lowest BCUT2D eigenvalue weighted by Gasteiger charge is -2.05. The number of carbonyl (C=O) groups is 1. The van der Waals surface area contributed by atoms with E-state index < -0.39 is 0 Å². The molecule has 2 N–H and O–H groups in total. The minimum absolute atomic E-state index is 0.335. The van der Waals surface area contributed by atoms with E-state index in [-0.39, 0.29) is 5.97 Å². The summed E-state index contributed by atoms with van der Waals surface area (Å²) in [7, 11) is 0. The molecule has 0 aliphatic carbocycles. The maximum Gasteiger partial charge on any atom is 0.355 e. The Hall–Kier alpha value is -2.56. The largest absolute Gasteiger partial charge is 0.461 e. The van der Waals surface area contributed by atoms with E-state index in [1.165, 1.54) is 0 Å². The molecule has 5 heteroatoms. The Morgan fingerprint density at radius 3 is 2.59 bits per heavy atom. The number of H-pyrrole nitrogens is 1. The second-order valence-electron chi connectivity index (χ2n) is 5.02. The summed E-state index contributed by atoms with van der Waals surface area (Å²) in [6.45, 7) is 7.88. The Kier molecular flexibility index (Phi) is 4.99. The van der Waals surface area contributed by atoms with Crippen LogP contribution in [-0.2, 0) is 4.74 Å². The summed E-state index contributed by atoms with van der Waals surface area (Å²) >= 11 is 0. The van der Waals surface area contributed by atoms with Gasteiger partial charge in [0.05, 0.1) is 18.0 Å². The summed E-state index contributed by atoms with van der Waals surface area (Å²) < 4.78 is 5.06. The molecule has 1 heterocycles. The molecule has 0 saturated carbocycles. The van der Waals surface area contributed by atoms with Crippen molar-refractivity contribution in [2.75, 3.05) is 12.0 Å². The summed E-state index contributed by atoms with van der Waals surface area (Å²) in [6.07, 6.45) is 0. The first-order valence-electron chi connectivity index (χ1n) is 7.26. The zero-order chi connectivity index (χ0) is 16.1. The monoisotopic (exact) mass is 299 g/mol. The summed E-state index contributed by atoms with van der Waals surface area (Å²) in [5.74, 6) is -0.335. The molecule has 0 saturated heterocycles. The van der Waals surface area contributed by atoms with Gasteiger partial charge < -0.3 is 9.72 Å². The van der Waals surface area contributed by atoms with E-state index in [4.69, 9.17) is 4.74 Å². The molecule has 0 atom stereocenters. The van der Waals surface area contributed by atoms with Crippen LogP contribution in [0.4, 0.5) is 5.69 Å². The lowest BCUT2D eigenvalue weighted by Crippen LogP contribution is -2.07. The number of nitrogens with zero attached hydrogens (tertiary/aromatic N) is 1. The topological polar surface area (TPSA) is 66.5 Å². The fraction of sp³-hybridized carbons (Fsp3) is 0.294. The fourth-order valence-electron chi connectivity index (χ4n) is 2.42. The highest BCUT2D eigenvalue weighted by atomic mass is 16.5. The molecule has 0 spiro atoms. The zero-order valence-electron chi connectivity index (χ0n) is 13.4. The highest BCUT2D eigenvalue weighted by molar-refractivity contribution is 6.04. The van der Waals surface area contributed by atoms with E-state index in [2.05, 4.69) is 15.5 Å². The SMILES string of the molecule is CCOC(=O)c1[nH]c(C)c(/C(C)=N\Nc2ccccc2)c1C. The van der Waals surface area contributed by atoms with Crippen molar-refractivity contribution < 1.29 is 9.53 Å². The minimum atomic E-state index is -0.335. The Labute approximate surface area is 130 Å². The first kappa shape index (κ1) is 15.8. The van der Waals surface area contributed by atoms with E-state index in [9.17, 15) is 4.79 Å². The van der Waals surface area contributed by atoms with Crippen LogP contribution in [-0.4, -0.2) is 23.3 Å². The first-order chi connectivity index (χ1) is 10.5. The maximum atomic E-state index is 11.9. The zero-order valence-corrected chi connectivity index (χ0v) is 13.4. The van der Waals surface area contributed by atoms with Gasteiger partial charge in [-0.25, -0.2) is 4.79 Å². The number of ether oxygens (including phenoxy) is 1. The summed E-state index contributed by atoms with van der Waals surface area (Å²) in [4.78, 5) is 15.0. The molecule has 0 unspecified atom stereocenters. The number of para-hydroxylation sites is 1. The molecular formula is C17H21N3O2. The molecule has 0 bridgehead atoms. The van der Waals surface area contributed by atoms with Crippen LogP contribution in [0.1, 0.15) is 41.2 Å². The number of benzene rings is 1. The lowest BCUT2D eigenvalue weighted by atomic mass is 10.1. The average molecular weight is 299 g/mol. The third-order valence-electron chi connectivity index (χ3n) is 3.41. The predicted molar refractivity (Wildman–Crippen MR) is 88.5 cm³/mol. The van der Waals surface area contributed by atoms with Gasteiger partial charge in [-0.2, -0.15) is 5.10 Å². The third-order valence-corrected chi connectivity index (χ3v) is 3.41. The van der Waals surface area contributed by atoms with Crippen molar-refractivity contribution in [1.82, 2.24) is 4.98 Å². The number of hydrogen-bond acceptors (Lipinski definition) is 4. The number of anilines is 1. The van der Waals surface area contributed by atoms with E-state index in [1.807, 2.05) is 51.1 Å². The molecule has 2 aromatic rings. The van der Waals surface area contributed by atoms with Crippen molar-refractivity contribution >= 4 is 17.4 Å². The summed E-state index contributed by atoms with van der Waals surface area (Å²) in [6, 6.07) is 9.72. The molecule has 5 nitrogen and oxygen atoms in total. The normalized spacial score (nSPS) is 11.4. The summed E-state index contributed by atoms with van der Waals surface area (Å²) in [5, 5.41) is 4.40. The van der Waals surface area contributed by atoms with Gasteiger partial charge in [0.25, 0.3) is 0 Å². The van der Waals surface area contributed by atoms with Crippen molar-refractivity contribution in [3.63, 3.8) is 0 Å². The number of aryl methyl sites for hydroxylation is 1. The molecule has 22 heavy (non-hydrogen) atoms.